The first-order valence-corrected chi connectivity index (χ1v) is 6.02. The monoisotopic (exact) mass is 248 g/mol. The summed E-state index contributed by atoms with van der Waals surface area (Å²) in [6.07, 6.45) is 7.17. The van der Waals surface area contributed by atoms with Gasteiger partial charge in [0.15, 0.2) is 5.76 Å². The van der Waals surface area contributed by atoms with Crippen LogP contribution < -0.4 is 0 Å². The lowest BCUT2D eigenvalue weighted by Crippen LogP contribution is -1.76. The molecule has 0 aliphatic carbocycles. The van der Waals surface area contributed by atoms with Gasteiger partial charge in [-0.1, -0.05) is 36.4 Å². The molecule has 0 bridgehead atoms. The number of benzene rings is 1. The SMILES string of the molecule is C(=Cc1ncc(-c2ccccc2)o1)c1ccccn1. The lowest BCUT2D eigenvalue weighted by atomic mass is 10.2. The second kappa shape index (κ2) is 5.31. The van der Waals surface area contributed by atoms with E-state index in [9.17, 15) is 0 Å². The molecule has 0 atom stereocenters. The molecule has 0 fully saturated rings. The Morgan fingerprint density at radius 3 is 2.47 bits per heavy atom. The average molecular weight is 248 g/mol. The van der Waals surface area contributed by atoms with Gasteiger partial charge in [-0.05, 0) is 18.2 Å². The highest BCUT2D eigenvalue weighted by atomic mass is 16.4. The lowest BCUT2D eigenvalue weighted by Gasteiger charge is -1.93. The smallest absolute Gasteiger partial charge is 0.219 e. The van der Waals surface area contributed by atoms with Gasteiger partial charge in [0.05, 0.1) is 11.9 Å². The van der Waals surface area contributed by atoms with E-state index < -0.39 is 0 Å². The number of nitrogens with zero attached hydrogens (tertiary/aromatic N) is 2. The topological polar surface area (TPSA) is 38.9 Å². The Balaban J connectivity index is 1.81. The van der Waals surface area contributed by atoms with Crippen LogP contribution in [-0.2, 0) is 0 Å². The summed E-state index contributed by atoms with van der Waals surface area (Å²) in [5, 5.41) is 0. The van der Waals surface area contributed by atoms with Gasteiger partial charge in [-0.15, -0.1) is 0 Å². The Labute approximate surface area is 111 Å². The van der Waals surface area contributed by atoms with E-state index in [2.05, 4.69) is 9.97 Å². The minimum Gasteiger partial charge on any atom is -0.437 e. The van der Waals surface area contributed by atoms with E-state index >= 15 is 0 Å². The van der Waals surface area contributed by atoms with Crippen molar-refractivity contribution in [3.63, 3.8) is 0 Å². The molecule has 3 aromatic rings. The number of rotatable bonds is 3. The molecule has 0 saturated heterocycles. The Morgan fingerprint density at radius 1 is 0.842 bits per heavy atom. The normalized spacial score (nSPS) is 10.9. The standard InChI is InChI=1S/C16H12N2O/c1-2-6-13(7-3-1)15-12-18-16(19-15)10-9-14-8-4-5-11-17-14/h1-12H. The molecule has 19 heavy (non-hydrogen) atoms. The van der Waals surface area contributed by atoms with Crippen molar-refractivity contribution in [2.45, 2.75) is 0 Å². The van der Waals surface area contributed by atoms with Crippen LogP contribution in [0.4, 0.5) is 0 Å². The van der Waals surface area contributed by atoms with Crippen molar-refractivity contribution in [3.8, 4) is 11.3 Å². The first kappa shape index (κ1) is 11.4. The maximum Gasteiger partial charge on any atom is 0.219 e. The molecule has 0 amide bonds. The van der Waals surface area contributed by atoms with Gasteiger partial charge in [-0.2, -0.15) is 0 Å². The third-order valence-electron chi connectivity index (χ3n) is 2.67. The van der Waals surface area contributed by atoms with Crippen LogP contribution in [0.5, 0.6) is 0 Å². The maximum atomic E-state index is 5.67. The average Bonchev–Trinajstić information content (AvgIpc) is 2.96. The van der Waals surface area contributed by atoms with E-state index in [1.807, 2.05) is 60.7 Å². The van der Waals surface area contributed by atoms with Gasteiger partial charge in [0, 0.05) is 17.8 Å². The molecule has 92 valence electrons. The van der Waals surface area contributed by atoms with E-state index in [1.165, 1.54) is 0 Å². The highest BCUT2D eigenvalue weighted by Gasteiger charge is 2.03. The van der Waals surface area contributed by atoms with Gasteiger partial charge >= 0.3 is 0 Å². The van der Waals surface area contributed by atoms with Gasteiger partial charge in [0.1, 0.15) is 0 Å². The zero-order chi connectivity index (χ0) is 12.9. The molecule has 3 heteroatoms. The van der Waals surface area contributed by atoms with Gasteiger partial charge in [0.2, 0.25) is 5.89 Å². The predicted octanol–water partition coefficient (Wildman–Crippen LogP) is 3.91. The van der Waals surface area contributed by atoms with E-state index in [0.717, 1.165) is 17.0 Å². The summed E-state index contributed by atoms with van der Waals surface area (Å²) in [6.45, 7) is 0. The number of hydrogen-bond acceptors (Lipinski definition) is 3. The fourth-order valence-corrected chi connectivity index (χ4v) is 1.73. The second-order valence-electron chi connectivity index (χ2n) is 4.02. The Kier molecular flexibility index (Phi) is 3.19. The van der Waals surface area contributed by atoms with Crippen LogP contribution in [-0.4, -0.2) is 9.97 Å². The molecule has 1 aromatic carbocycles. The fraction of sp³-hybridized carbons (Fsp3) is 0. The molecular formula is C16H12N2O. The molecule has 2 aromatic heterocycles. The highest BCUT2D eigenvalue weighted by Crippen LogP contribution is 2.20. The van der Waals surface area contributed by atoms with E-state index in [0.29, 0.717) is 5.89 Å². The largest absolute Gasteiger partial charge is 0.437 e. The summed E-state index contributed by atoms with van der Waals surface area (Å²) in [7, 11) is 0. The highest BCUT2D eigenvalue weighted by molar-refractivity contribution is 5.65. The molecule has 0 spiro atoms. The summed E-state index contributed by atoms with van der Waals surface area (Å²) in [6, 6.07) is 15.7. The quantitative estimate of drug-likeness (QED) is 0.705. The van der Waals surface area contributed by atoms with Crippen molar-refractivity contribution < 1.29 is 4.42 Å². The van der Waals surface area contributed by atoms with Crippen molar-refractivity contribution in [3.05, 3.63) is 72.5 Å². The zero-order valence-electron chi connectivity index (χ0n) is 10.2. The second-order valence-corrected chi connectivity index (χ2v) is 4.02. The van der Waals surface area contributed by atoms with Crippen LogP contribution in [0, 0.1) is 0 Å². The van der Waals surface area contributed by atoms with Gasteiger partial charge in [-0.25, -0.2) is 4.98 Å². The van der Waals surface area contributed by atoms with E-state index in [-0.39, 0.29) is 0 Å². The van der Waals surface area contributed by atoms with Gasteiger partial charge in [0.25, 0.3) is 0 Å². The van der Waals surface area contributed by atoms with E-state index in [4.69, 9.17) is 4.42 Å². The van der Waals surface area contributed by atoms with Gasteiger partial charge < -0.3 is 4.42 Å². The molecule has 0 unspecified atom stereocenters. The molecular weight excluding hydrogens is 236 g/mol. The van der Waals surface area contributed by atoms with Crippen molar-refractivity contribution in [2.75, 3.05) is 0 Å². The minimum absolute atomic E-state index is 0.574. The third-order valence-corrected chi connectivity index (χ3v) is 2.67. The third kappa shape index (κ3) is 2.77. The first-order chi connectivity index (χ1) is 9.42. The fourth-order valence-electron chi connectivity index (χ4n) is 1.73. The Morgan fingerprint density at radius 2 is 1.68 bits per heavy atom. The summed E-state index contributed by atoms with van der Waals surface area (Å²) >= 11 is 0. The van der Waals surface area contributed by atoms with Crippen LogP contribution in [0.3, 0.4) is 0 Å². The number of hydrogen-bond donors (Lipinski definition) is 0. The Bertz CT molecular complexity index is 672. The van der Waals surface area contributed by atoms with E-state index in [1.54, 1.807) is 12.4 Å². The molecule has 0 aliphatic rings. The summed E-state index contributed by atoms with van der Waals surface area (Å²) in [5.41, 5.74) is 1.90. The predicted molar refractivity (Wildman–Crippen MR) is 75.1 cm³/mol. The molecule has 2 heterocycles. The summed E-state index contributed by atoms with van der Waals surface area (Å²) in [5.74, 6) is 1.34. The van der Waals surface area contributed by atoms with Crippen molar-refractivity contribution >= 4 is 12.2 Å². The number of pyridine rings is 1. The van der Waals surface area contributed by atoms with Crippen LogP contribution in [0.25, 0.3) is 23.5 Å². The van der Waals surface area contributed by atoms with Crippen LogP contribution in [0.15, 0.2) is 65.3 Å². The zero-order valence-corrected chi connectivity index (χ0v) is 10.2. The Hall–Kier alpha value is -2.68. The molecule has 0 N–H and O–H groups in total. The van der Waals surface area contributed by atoms with Gasteiger partial charge in [-0.3, -0.25) is 4.98 Å². The number of oxazole rings is 1. The lowest BCUT2D eigenvalue weighted by molar-refractivity contribution is 0.560. The van der Waals surface area contributed by atoms with Crippen molar-refractivity contribution in [1.82, 2.24) is 9.97 Å². The number of aromatic nitrogens is 2. The van der Waals surface area contributed by atoms with Crippen molar-refractivity contribution in [1.29, 1.82) is 0 Å². The van der Waals surface area contributed by atoms with Crippen LogP contribution in [0.1, 0.15) is 11.6 Å². The summed E-state index contributed by atoms with van der Waals surface area (Å²) in [4.78, 5) is 8.43. The van der Waals surface area contributed by atoms with Crippen LogP contribution >= 0.6 is 0 Å². The molecule has 0 saturated carbocycles. The maximum absolute atomic E-state index is 5.67. The molecule has 3 rings (SSSR count). The summed E-state index contributed by atoms with van der Waals surface area (Å²) < 4.78 is 5.67. The van der Waals surface area contributed by atoms with Crippen molar-refractivity contribution in [2.24, 2.45) is 0 Å². The molecule has 3 nitrogen and oxygen atoms in total. The minimum atomic E-state index is 0.574. The van der Waals surface area contributed by atoms with Crippen LogP contribution in [0.2, 0.25) is 0 Å². The molecule has 0 radical (unpaired) electrons. The molecule has 0 aliphatic heterocycles. The first-order valence-electron chi connectivity index (χ1n) is 6.02.